The van der Waals surface area contributed by atoms with Gasteiger partial charge in [-0.1, -0.05) is 0 Å². The molecule has 1 heterocycles. The molecule has 0 spiro atoms. The van der Waals surface area contributed by atoms with Crippen molar-refractivity contribution in [2.75, 3.05) is 13.1 Å². The van der Waals surface area contributed by atoms with Crippen LogP contribution in [0.25, 0.3) is 0 Å². The quantitative estimate of drug-likeness (QED) is 0.883. The highest BCUT2D eigenvalue weighted by Gasteiger charge is 2.32. The van der Waals surface area contributed by atoms with Crippen LogP contribution >= 0.6 is 0 Å². The van der Waals surface area contributed by atoms with E-state index in [9.17, 15) is 26.4 Å². The van der Waals surface area contributed by atoms with Gasteiger partial charge in [0.1, 0.15) is 5.75 Å². The third kappa shape index (κ3) is 4.84. The van der Waals surface area contributed by atoms with Crippen LogP contribution in [0.1, 0.15) is 19.8 Å². The summed E-state index contributed by atoms with van der Waals surface area (Å²) in [5, 5.41) is 2.68. The Bertz CT molecular complexity index is 689. The van der Waals surface area contributed by atoms with E-state index in [1.165, 1.54) is 11.2 Å². The van der Waals surface area contributed by atoms with E-state index in [-0.39, 0.29) is 23.4 Å². The van der Waals surface area contributed by atoms with E-state index in [0.717, 1.165) is 24.3 Å². The number of benzene rings is 1. The summed E-state index contributed by atoms with van der Waals surface area (Å²) >= 11 is 0. The minimum absolute atomic E-state index is 0.125. The maximum Gasteiger partial charge on any atom is 0.573 e. The molecule has 1 fully saturated rings. The first-order valence-corrected chi connectivity index (χ1v) is 8.65. The van der Waals surface area contributed by atoms with Crippen molar-refractivity contribution in [1.29, 1.82) is 0 Å². The number of sulfonamides is 1. The largest absolute Gasteiger partial charge is 0.573 e. The zero-order valence-electron chi connectivity index (χ0n) is 12.8. The molecule has 1 atom stereocenters. The van der Waals surface area contributed by atoms with Crippen LogP contribution in [0.5, 0.6) is 5.75 Å². The number of hydrogen-bond donors (Lipinski definition) is 1. The van der Waals surface area contributed by atoms with Gasteiger partial charge in [-0.2, -0.15) is 4.31 Å². The average molecular weight is 366 g/mol. The monoisotopic (exact) mass is 366 g/mol. The smallest absolute Gasteiger partial charge is 0.406 e. The SMILES string of the molecule is CC(=O)N[C@H]1CCCN(S(=O)(=O)c2ccc(OC(F)(F)F)cc2)C1. The number of hydrogen-bond acceptors (Lipinski definition) is 4. The lowest BCUT2D eigenvalue weighted by atomic mass is 10.1. The Balaban J connectivity index is 2.13. The Morgan fingerprint density at radius 3 is 2.46 bits per heavy atom. The summed E-state index contributed by atoms with van der Waals surface area (Å²) in [6.45, 7) is 1.77. The van der Waals surface area contributed by atoms with Crippen LogP contribution in [0.4, 0.5) is 13.2 Å². The Morgan fingerprint density at radius 1 is 1.29 bits per heavy atom. The van der Waals surface area contributed by atoms with E-state index in [1.54, 1.807) is 0 Å². The minimum atomic E-state index is -4.83. The molecule has 1 aliphatic heterocycles. The molecule has 0 bridgehead atoms. The Hall–Kier alpha value is -1.81. The topological polar surface area (TPSA) is 75.7 Å². The van der Waals surface area contributed by atoms with Gasteiger partial charge in [0.25, 0.3) is 0 Å². The number of carbonyl (C=O) groups is 1. The average Bonchev–Trinajstić information content (AvgIpc) is 2.45. The molecule has 0 saturated carbocycles. The number of ether oxygens (including phenoxy) is 1. The van der Waals surface area contributed by atoms with Crippen molar-refractivity contribution in [3.8, 4) is 5.75 Å². The summed E-state index contributed by atoms with van der Waals surface area (Å²) in [7, 11) is -3.85. The first kappa shape index (κ1) is 18.5. The molecule has 10 heteroatoms. The summed E-state index contributed by atoms with van der Waals surface area (Å²) < 4.78 is 66.5. The molecule has 0 unspecified atom stereocenters. The van der Waals surface area contributed by atoms with E-state index >= 15 is 0 Å². The highest BCUT2D eigenvalue weighted by molar-refractivity contribution is 7.89. The Kier molecular flexibility index (Phi) is 5.38. The molecule has 134 valence electrons. The van der Waals surface area contributed by atoms with Crippen LogP contribution in [0.15, 0.2) is 29.2 Å². The van der Waals surface area contributed by atoms with Crippen molar-refractivity contribution in [3.63, 3.8) is 0 Å². The normalized spacial score (nSPS) is 19.8. The van der Waals surface area contributed by atoms with Crippen molar-refractivity contribution < 1.29 is 31.1 Å². The molecular formula is C14H17F3N2O4S. The van der Waals surface area contributed by atoms with E-state index in [1.807, 2.05) is 0 Å². The van der Waals surface area contributed by atoms with Crippen molar-refractivity contribution in [2.45, 2.75) is 37.1 Å². The number of carbonyl (C=O) groups excluding carboxylic acids is 1. The Morgan fingerprint density at radius 2 is 1.92 bits per heavy atom. The number of nitrogens with zero attached hydrogens (tertiary/aromatic N) is 1. The number of nitrogens with one attached hydrogen (secondary N) is 1. The fraction of sp³-hybridized carbons (Fsp3) is 0.500. The van der Waals surface area contributed by atoms with Gasteiger partial charge in [-0.3, -0.25) is 4.79 Å². The summed E-state index contributed by atoms with van der Waals surface area (Å²) in [6.07, 6.45) is -3.58. The van der Waals surface area contributed by atoms with Crippen LogP contribution < -0.4 is 10.1 Å². The number of amides is 1. The van der Waals surface area contributed by atoms with Crippen molar-refractivity contribution in [1.82, 2.24) is 9.62 Å². The predicted molar refractivity (Wildman–Crippen MR) is 78.7 cm³/mol. The molecule has 1 aromatic rings. The molecule has 1 amide bonds. The molecule has 0 radical (unpaired) electrons. The van der Waals surface area contributed by atoms with Crippen molar-refractivity contribution in [2.24, 2.45) is 0 Å². The summed E-state index contributed by atoms with van der Waals surface area (Å²) in [5.41, 5.74) is 0. The molecular weight excluding hydrogens is 349 g/mol. The van der Waals surface area contributed by atoms with Gasteiger partial charge in [-0.25, -0.2) is 8.42 Å². The van der Waals surface area contributed by atoms with Crippen LogP contribution in [0, 0.1) is 0 Å². The molecule has 2 rings (SSSR count). The minimum Gasteiger partial charge on any atom is -0.406 e. The lowest BCUT2D eigenvalue weighted by Crippen LogP contribution is -2.49. The van der Waals surface area contributed by atoms with Crippen LogP contribution in [0.2, 0.25) is 0 Å². The van der Waals surface area contributed by atoms with Gasteiger partial charge in [-0.15, -0.1) is 13.2 Å². The van der Waals surface area contributed by atoms with E-state index in [0.29, 0.717) is 19.4 Å². The molecule has 24 heavy (non-hydrogen) atoms. The van der Waals surface area contributed by atoms with Gasteiger partial charge in [-0.05, 0) is 37.1 Å². The highest BCUT2D eigenvalue weighted by atomic mass is 32.2. The number of alkyl halides is 3. The van der Waals surface area contributed by atoms with Gasteiger partial charge < -0.3 is 10.1 Å². The molecule has 1 aromatic carbocycles. The number of halogens is 3. The van der Waals surface area contributed by atoms with Crippen LogP contribution in [0.3, 0.4) is 0 Å². The number of piperidine rings is 1. The van der Waals surface area contributed by atoms with Crippen LogP contribution in [-0.2, 0) is 14.8 Å². The van der Waals surface area contributed by atoms with E-state index < -0.39 is 22.1 Å². The zero-order valence-corrected chi connectivity index (χ0v) is 13.7. The zero-order chi connectivity index (χ0) is 18.0. The third-order valence-corrected chi connectivity index (χ3v) is 5.37. The molecule has 1 N–H and O–H groups in total. The molecule has 0 aliphatic carbocycles. The summed E-state index contributed by atoms with van der Waals surface area (Å²) in [6, 6.07) is 3.76. The number of rotatable bonds is 4. The Labute approximate surface area is 137 Å². The van der Waals surface area contributed by atoms with E-state index in [4.69, 9.17) is 0 Å². The fourth-order valence-electron chi connectivity index (χ4n) is 2.53. The first-order valence-electron chi connectivity index (χ1n) is 7.21. The molecule has 6 nitrogen and oxygen atoms in total. The first-order chi connectivity index (χ1) is 11.1. The third-order valence-electron chi connectivity index (χ3n) is 3.49. The molecule has 1 aliphatic rings. The highest BCUT2D eigenvalue weighted by Crippen LogP contribution is 2.26. The summed E-state index contributed by atoms with van der Waals surface area (Å²) in [4.78, 5) is 11.0. The maximum absolute atomic E-state index is 12.6. The molecule has 0 aromatic heterocycles. The van der Waals surface area contributed by atoms with Crippen molar-refractivity contribution >= 4 is 15.9 Å². The second kappa shape index (κ2) is 6.98. The summed E-state index contributed by atoms with van der Waals surface area (Å²) in [5.74, 6) is -0.732. The van der Waals surface area contributed by atoms with E-state index in [2.05, 4.69) is 10.1 Å². The lowest BCUT2D eigenvalue weighted by Gasteiger charge is -2.32. The standard InChI is InChI=1S/C14H17F3N2O4S/c1-10(20)18-11-3-2-8-19(9-11)24(21,22)13-6-4-12(5-7-13)23-14(15,16)17/h4-7,11H,2-3,8-9H2,1H3,(H,18,20)/t11-/m0/s1. The van der Waals surface area contributed by atoms with Crippen molar-refractivity contribution in [3.05, 3.63) is 24.3 Å². The van der Waals surface area contributed by atoms with Gasteiger partial charge >= 0.3 is 6.36 Å². The van der Waals surface area contributed by atoms with Gasteiger partial charge in [0.05, 0.1) is 4.90 Å². The van der Waals surface area contributed by atoms with Gasteiger partial charge in [0.2, 0.25) is 15.9 Å². The lowest BCUT2D eigenvalue weighted by molar-refractivity contribution is -0.274. The molecule has 1 saturated heterocycles. The van der Waals surface area contributed by atoms with Gasteiger partial charge in [0.15, 0.2) is 0 Å². The maximum atomic E-state index is 12.6. The predicted octanol–water partition coefficient (Wildman–Crippen LogP) is 1.87. The van der Waals surface area contributed by atoms with Gasteiger partial charge in [0, 0.05) is 26.1 Å². The van der Waals surface area contributed by atoms with Crippen LogP contribution in [-0.4, -0.2) is 44.1 Å². The fourth-order valence-corrected chi connectivity index (χ4v) is 4.05. The second-order valence-electron chi connectivity index (χ2n) is 5.42. The second-order valence-corrected chi connectivity index (χ2v) is 7.36.